The van der Waals surface area contributed by atoms with E-state index >= 15 is 0 Å². The maximum atomic E-state index is 5.31. The highest BCUT2D eigenvalue weighted by molar-refractivity contribution is 7.99. The van der Waals surface area contributed by atoms with Crippen LogP contribution in [0.4, 0.5) is 0 Å². The molecule has 2 aromatic rings. The van der Waals surface area contributed by atoms with Crippen molar-refractivity contribution >= 4 is 11.8 Å². The first-order valence-electron chi connectivity index (χ1n) is 7.65. The van der Waals surface area contributed by atoms with E-state index in [1.807, 2.05) is 23.9 Å². The van der Waals surface area contributed by atoms with Crippen LogP contribution < -0.4 is 5.32 Å². The van der Waals surface area contributed by atoms with Crippen molar-refractivity contribution in [2.75, 3.05) is 6.54 Å². The molecule has 0 amide bonds. The third kappa shape index (κ3) is 3.89. The van der Waals surface area contributed by atoms with Gasteiger partial charge in [0.25, 0.3) is 0 Å². The Morgan fingerprint density at radius 1 is 1.38 bits per heavy atom. The summed E-state index contributed by atoms with van der Waals surface area (Å²) in [6.45, 7) is 4.98. The van der Waals surface area contributed by atoms with Crippen LogP contribution in [0.15, 0.2) is 28.0 Å². The number of nitrogens with one attached hydrogen (secondary N) is 1. The van der Waals surface area contributed by atoms with Crippen molar-refractivity contribution in [3.8, 4) is 0 Å². The molecule has 0 radical (unpaired) electrons. The van der Waals surface area contributed by atoms with Crippen molar-refractivity contribution < 1.29 is 4.42 Å². The second-order valence-corrected chi connectivity index (χ2v) is 6.91. The average Bonchev–Trinajstić information content (AvgIpc) is 3.05. The van der Waals surface area contributed by atoms with Crippen LogP contribution in [0.1, 0.15) is 37.8 Å². The van der Waals surface area contributed by atoms with E-state index < -0.39 is 0 Å². The fourth-order valence-electron chi connectivity index (χ4n) is 2.58. The molecule has 0 aliphatic carbocycles. The van der Waals surface area contributed by atoms with Gasteiger partial charge < -0.3 is 14.3 Å². The minimum absolute atomic E-state index is 0.455. The normalized spacial score (nSPS) is 16.4. The Kier molecular flexibility index (Phi) is 4.98. The van der Waals surface area contributed by atoms with E-state index in [2.05, 4.69) is 27.0 Å². The Morgan fingerprint density at radius 2 is 2.33 bits per heavy atom. The van der Waals surface area contributed by atoms with Gasteiger partial charge in [-0.15, -0.1) is 10.2 Å². The van der Waals surface area contributed by atoms with Crippen LogP contribution >= 0.6 is 11.8 Å². The van der Waals surface area contributed by atoms with Crippen molar-refractivity contribution in [1.82, 2.24) is 20.1 Å². The van der Waals surface area contributed by atoms with Crippen molar-refractivity contribution in [3.05, 3.63) is 30.0 Å². The zero-order chi connectivity index (χ0) is 14.5. The number of aryl methyl sites for hydroxylation is 1. The van der Waals surface area contributed by atoms with Crippen LogP contribution in [0.25, 0.3) is 0 Å². The summed E-state index contributed by atoms with van der Waals surface area (Å²) < 4.78 is 7.62. The summed E-state index contributed by atoms with van der Waals surface area (Å²) in [6, 6.07) is 3.91. The van der Waals surface area contributed by atoms with Gasteiger partial charge in [-0.1, -0.05) is 25.1 Å². The highest BCUT2D eigenvalue weighted by Crippen LogP contribution is 2.24. The Labute approximate surface area is 129 Å². The first kappa shape index (κ1) is 14.7. The van der Waals surface area contributed by atoms with E-state index in [4.69, 9.17) is 4.42 Å². The molecule has 3 heterocycles. The minimum Gasteiger partial charge on any atom is -0.468 e. The summed E-state index contributed by atoms with van der Waals surface area (Å²) in [4.78, 5) is 0. The van der Waals surface area contributed by atoms with Gasteiger partial charge in [0.1, 0.15) is 11.6 Å². The van der Waals surface area contributed by atoms with Gasteiger partial charge in [-0.3, -0.25) is 0 Å². The second-order valence-electron chi connectivity index (χ2n) is 5.50. The van der Waals surface area contributed by atoms with Crippen molar-refractivity contribution in [1.29, 1.82) is 0 Å². The second kappa shape index (κ2) is 7.13. The molecule has 5 nitrogen and oxygen atoms in total. The molecule has 0 aromatic carbocycles. The van der Waals surface area contributed by atoms with Gasteiger partial charge in [0.2, 0.25) is 0 Å². The third-order valence-corrected chi connectivity index (χ3v) is 4.78. The maximum Gasteiger partial charge on any atom is 0.191 e. The lowest BCUT2D eigenvalue weighted by atomic mass is 10.2. The number of hydrogen-bond acceptors (Lipinski definition) is 5. The van der Waals surface area contributed by atoms with Crippen molar-refractivity contribution in [3.63, 3.8) is 0 Å². The number of rotatable bonds is 6. The van der Waals surface area contributed by atoms with Crippen molar-refractivity contribution in [2.45, 2.75) is 56.1 Å². The first-order valence-corrected chi connectivity index (χ1v) is 8.53. The van der Waals surface area contributed by atoms with E-state index in [9.17, 15) is 0 Å². The quantitative estimate of drug-likeness (QED) is 0.832. The van der Waals surface area contributed by atoms with Crippen LogP contribution in [-0.2, 0) is 19.5 Å². The van der Waals surface area contributed by atoms with Crippen LogP contribution in [0, 0.1) is 0 Å². The molecule has 0 spiro atoms. The molecule has 1 atom stereocenters. The molecule has 1 aliphatic rings. The van der Waals surface area contributed by atoms with E-state index in [0.717, 1.165) is 42.8 Å². The first-order chi connectivity index (χ1) is 10.3. The minimum atomic E-state index is 0.455. The summed E-state index contributed by atoms with van der Waals surface area (Å²) >= 11 is 1.81. The summed E-state index contributed by atoms with van der Waals surface area (Å²) in [5.74, 6) is 2.13. The number of fused-ring (bicyclic) bond motifs is 1. The summed E-state index contributed by atoms with van der Waals surface area (Å²) in [5.41, 5.74) is 0. The number of thioether (sulfide) groups is 1. The van der Waals surface area contributed by atoms with Crippen LogP contribution in [-0.4, -0.2) is 26.6 Å². The fraction of sp³-hybridized carbons (Fsp3) is 0.600. The lowest BCUT2D eigenvalue weighted by molar-refractivity contribution is 0.484. The summed E-state index contributed by atoms with van der Waals surface area (Å²) in [5, 5.41) is 13.7. The summed E-state index contributed by atoms with van der Waals surface area (Å²) in [7, 11) is 0. The standard InChI is InChI=1S/C15H22N4OS/c1-12(10-16-11-13-6-5-9-20-13)21-15-18-17-14-7-3-2-4-8-19(14)15/h5-6,9,12,16H,2-4,7-8,10-11H2,1H3. The molecule has 3 rings (SSSR count). The molecule has 0 fully saturated rings. The monoisotopic (exact) mass is 306 g/mol. The molecule has 21 heavy (non-hydrogen) atoms. The predicted molar refractivity (Wildman–Crippen MR) is 83.3 cm³/mol. The highest BCUT2D eigenvalue weighted by Gasteiger charge is 2.17. The lowest BCUT2D eigenvalue weighted by Gasteiger charge is -2.12. The number of nitrogens with zero attached hydrogens (tertiary/aromatic N) is 3. The molecule has 1 N–H and O–H groups in total. The topological polar surface area (TPSA) is 55.9 Å². The number of hydrogen-bond donors (Lipinski definition) is 1. The van der Waals surface area contributed by atoms with Crippen molar-refractivity contribution in [2.24, 2.45) is 0 Å². The van der Waals surface area contributed by atoms with Crippen LogP contribution in [0.2, 0.25) is 0 Å². The van der Waals surface area contributed by atoms with Gasteiger partial charge in [0.15, 0.2) is 5.16 Å². The lowest BCUT2D eigenvalue weighted by Crippen LogP contribution is -2.22. The average molecular weight is 306 g/mol. The highest BCUT2D eigenvalue weighted by atomic mass is 32.2. The van der Waals surface area contributed by atoms with Gasteiger partial charge in [-0.05, 0) is 25.0 Å². The zero-order valence-corrected chi connectivity index (χ0v) is 13.2. The van der Waals surface area contributed by atoms with Gasteiger partial charge in [0.05, 0.1) is 12.8 Å². The fourth-order valence-corrected chi connectivity index (χ4v) is 3.55. The van der Waals surface area contributed by atoms with Crippen LogP contribution in [0.5, 0.6) is 0 Å². The van der Waals surface area contributed by atoms with Gasteiger partial charge in [0, 0.05) is 24.8 Å². The van der Waals surface area contributed by atoms with Gasteiger partial charge in [-0.25, -0.2) is 0 Å². The Hall–Kier alpha value is -1.27. The van der Waals surface area contributed by atoms with E-state index in [1.165, 1.54) is 19.3 Å². The molecule has 0 saturated carbocycles. The molecule has 2 aromatic heterocycles. The SMILES string of the molecule is CC(CNCc1ccco1)Sc1nnc2n1CCCCC2. The molecule has 1 aliphatic heterocycles. The molecular formula is C15H22N4OS. The molecule has 114 valence electrons. The summed E-state index contributed by atoms with van der Waals surface area (Å²) in [6.07, 6.45) is 6.56. The molecule has 0 saturated heterocycles. The Balaban J connectivity index is 1.50. The zero-order valence-electron chi connectivity index (χ0n) is 12.4. The smallest absolute Gasteiger partial charge is 0.191 e. The Morgan fingerprint density at radius 3 is 3.19 bits per heavy atom. The van der Waals surface area contributed by atoms with Gasteiger partial charge in [-0.2, -0.15) is 0 Å². The van der Waals surface area contributed by atoms with Gasteiger partial charge >= 0.3 is 0 Å². The molecule has 1 unspecified atom stereocenters. The van der Waals surface area contributed by atoms with E-state index in [0.29, 0.717) is 5.25 Å². The number of furan rings is 1. The third-order valence-electron chi connectivity index (χ3n) is 3.69. The molecule has 0 bridgehead atoms. The largest absolute Gasteiger partial charge is 0.468 e. The Bertz CT molecular complexity index is 552. The van der Waals surface area contributed by atoms with Crippen LogP contribution in [0.3, 0.4) is 0 Å². The maximum absolute atomic E-state index is 5.31. The predicted octanol–water partition coefficient (Wildman–Crippen LogP) is 2.87. The number of aromatic nitrogens is 3. The van der Waals surface area contributed by atoms with E-state index in [-0.39, 0.29) is 0 Å². The molecule has 6 heteroatoms. The van der Waals surface area contributed by atoms with E-state index in [1.54, 1.807) is 6.26 Å². The molecular weight excluding hydrogens is 284 g/mol.